The zero-order valence-corrected chi connectivity index (χ0v) is 10.6. The second-order valence-corrected chi connectivity index (χ2v) is 4.88. The summed E-state index contributed by atoms with van der Waals surface area (Å²) in [5.74, 6) is 0.361. The van der Waals surface area contributed by atoms with Crippen LogP contribution in [0.25, 0.3) is 0 Å². The number of nitrogens with two attached hydrogens (primary N) is 1. The summed E-state index contributed by atoms with van der Waals surface area (Å²) >= 11 is 0. The van der Waals surface area contributed by atoms with E-state index in [1.807, 2.05) is 0 Å². The van der Waals surface area contributed by atoms with Gasteiger partial charge in [0.15, 0.2) is 0 Å². The van der Waals surface area contributed by atoms with Gasteiger partial charge in [-0.2, -0.15) is 0 Å². The van der Waals surface area contributed by atoms with Crippen molar-refractivity contribution in [2.45, 2.75) is 64.3 Å². The maximum atomic E-state index is 11.9. The molecular formula is C13H26N2O. The highest BCUT2D eigenvalue weighted by Crippen LogP contribution is 2.18. The third-order valence-electron chi connectivity index (χ3n) is 3.47. The smallest absolute Gasteiger partial charge is 0.222 e. The SMILES string of the molecule is CC1CCCCN1C(=O)CCCCCCN. The molecule has 94 valence electrons. The first-order valence-corrected chi connectivity index (χ1v) is 6.75. The van der Waals surface area contributed by atoms with Crippen molar-refractivity contribution in [2.24, 2.45) is 5.73 Å². The van der Waals surface area contributed by atoms with Crippen molar-refractivity contribution in [2.75, 3.05) is 13.1 Å². The van der Waals surface area contributed by atoms with Gasteiger partial charge in [-0.1, -0.05) is 12.8 Å². The molecule has 0 saturated carbocycles. The summed E-state index contributed by atoms with van der Waals surface area (Å²) in [6.45, 7) is 3.92. The molecule has 3 heteroatoms. The standard InChI is InChI=1S/C13H26N2O/c1-12-8-5-7-11-15(12)13(16)9-4-2-3-6-10-14/h12H,2-11,14H2,1H3. The first-order valence-electron chi connectivity index (χ1n) is 6.75. The van der Waals surface area contributed by atoms with Crippen LogP contribution in [0.15, 0.2) is 0 Å². The Morgan fingerprint density at radius 1 is 1.25 bits per heavy atom. The highest BCUT2D eigenvalue weighted by atomic mass is 16.2. The molecule has 3 nitrogen and oxygen atoms in total. The van der Waals surface area contributed by atoms with Crippen molar-refractivity contribution in [3.63, 3.8) is 0 Å². The molecule has 0 aromatic rings. The topological polar surface area (TPSA) is 46.3 Å². The number of piperidine rings is 1. The second-order valence-electron chi connectivity index (χ2n) is 4.88. The summed E-state index contributed by atoms with van der Waals surface area (Å²) in [6.07, 6.45) is 8.80. The van der Waals surface area contributed by atoms with Gasteiger partial charge in [0, 0.05) is 19.0 Å². The normalized spacial score (nSPS) is 21.1. The van der Waals surface area contributed by atoms with Crippen molar-refractivity contribution in [1.29, 1.82) is 0 Å². The predicted molar refractivity (Wildman–Crippen MR) is 67.2 cm³/mol. The molecule has 16 heavy (non-hydrogen) atoms. The molecule has 2 N–H and O–H groups in total. The van der Waals surface area contributed by atoms with Gasteiger partial charge in [-0.25, -0.2) is 0 Å². The number of carbonyl (C=O) groups is 1. The van der Waals surface area contributed by atoms with E-state index in [0.29, 0.717) is 11.9 Å². The number of unbranched alkanes of at least 4 members (excludes halogenated alkanes) is 3. The number of likely N-dealkylation sites (tertiary alicyclic amines) is 1. The fourth-order valence-electron chi connectivity index (χ4n) is 2.39. The van der Waals surface area contributed by atoms with Gasteiger partial charge >= 0.3 is 0 Å². The monoisotopic (exact) mass is 226 g/mol. The number of rotatable bonds is 6. The summed E-state index contributed by atoms with van der Waals surface area (Å²) in [5, 5.41) is 0. The molecule has 0 bridgehead atoms. The van der Waals surface area contributed by atoms with Crippen molar-refractivity contribution in [1.82, 2.24) is 4.90 Å². The van der Waals surface area contributed by atoms with Gasteiger partial charge < -0.3 is 10.6 Å². The molecular weight excluding hydrogens is 200 g/mol. The molecule has 1 atom stereocenters. The van der Waals surface area contributed by atoms with Crippen LogP contribution in [0, 0.1) is 0 Å². The van der Waals surface area contributed by atoms with Gasteiger partial charge in [0.1, 0.15) is 0 Å². The molecule has 1 aliphatic rings. The molecule has 1 heterocycles. The zero-order chi connectivity index (χ0) is 11.8. The van der Waals surface area contributed by atoms with Crippen LogP contribution in [0.2, 0.25) is 0 Å². The van der Waals surface area contributed by atoms with Crippen molar-refractivity contribution < 1.29 is 4.79 Å². The van der Waals surface area contributed by atoms with E-state index in [1.165, 1.54) is 25.7 Å². The van der Waals surface area contributed by atoms with Crippen LogP contribution in [0.4, 0.5) is 0 Å². The molecule has 1 aliphatic heterocycles. The van der Waals surface area contributed by atoms with E-state index < -0.39 is 0 Å². The first kappa shape index (κ1) is 13.5. The first-order chi connectivity index (χ1) is 7.75. The van der Waals surface area contributed by atoms with E-state index in [9.17, 15) is 4.79 Å². The quantitative estimate of drug-likeness (QED) is 0.706. The molecule has 0 aliphatic carbocycles. The van der Waals surface area contributed by atoms with Gasteiger partial charge in [-0.15, -0.1) is 0 Å². The maximum absolute atomic E-state index is 11.9. The lowest BCUT2D eigenvalue weighted by Gasteiger charge is -2.33. The number of carbonyl (C=O) groups excluding carboxylic acids is 1. The molecule has 0 aromatic heterocycles. The number of hydrogen-bond donors (Lipinski definition) is 1. The Morgan fingerprint density at radius 3 is 2.69 bits per heavy atom. The largest absolute Gasteiger partial charge is 0.340 e. The van der Waals surface area contributed by atoms with Gasteiger partial charge in [0.05, 0.1) is 0 Å². The molecule has 1 saturated heterocycles. The van der Waals surface area contributed by atoms with Gasteiger partial charge in [0.25, 0.3) is 0 Å². The highest BCUT2D eigenvalue weighted by molar-refractivity contribution is 5.76. The van der Waals surface area contributed by atoms with Crippen LogP contribution in [0.3, 0.4) is 0 Å². The van der Waals surface area contributed by atoms with E-state index in [1.54, 1.807) is 0 Å². The Bertz CT molecular complexity index is 206. The van der Waals surface area contributed by atoms with Crippen LogP contribution in [0.5, 0.6) is 0 Å². The van der Waals surface area contributed by atoms with Crippen LogP contribution in [-0.2, 0) is 4.79 Å². The van der Waals surface area contributed by atoms with Gasteiger partial charge in [-0.3, -0.25) is 4.79 Å². The minimum absolute atomic E-state index is 0.361. The van der Waals surface area contributed by atoms with Gasteiger partial charge in [0.2, 0.25) is 5.91 Å². The minimum Gasteiger partial charge on any atom is -0.340 e. The van der Waals surface area contributed by atoms with E-state index in [2.05, 4.69) is 11.8 Å². The Kier molecular flexibility index (Phi) is 6.46. The molecule has 1 amide bonds. The van der Waals surface area contributed by atoms with E-state index >= 15 is 0 Å². The predicted octanol–water partition coefficient (Wildman–Crippen LogP) is 2.30. The van der Waals surface area contributed by atoms with Crippen molar-refractivity contribution in [3.8, 4) is 0 Å². The molecule has 1 rings (SSSR count). The van der Waals surface area contributed by atoms with Crippen LogP contribution >= 0.6 is 0 Å². The summed E-state index contributed by atoms with van der Waals surface area (Å²) in [5.41, 5.74) is 5.43. The molecule has 1 unspecified atom stereocenters. The molecule has 1 fully saturated rings. The summed E-state index contributed by atoms with van der Waals surface area (Å²) in [4.78, 5) is 14.0. The van der Waals surface area contributed by atoms with E-state index in [4.69, 9.17) is 5.73 Å². The Balaban J connectivity index is 2.13. The second kappa shape index (κ2) is 7.66. The third-order valence-corrected chi connectivity index (χ3v) is 3.47. The fourth-order valence-corrected chi connectivity index (χ4v) is 2.39. The van der Waals surface area contributed by atoms with E-state index in [-0.39, 0.29) is 0 Å². The third kappa shape index (κ3) is 4.52. The lowest BCUT2D eigenvalue weighted by molar-refractivity contribution is -0.134. The zero-order valence-electron chi connectivity index (χ0n) is 10.6. The minimum atomic E-state index is 0.361. The maximum Gasteiger partial charge on any atom is 0.222 e. The molecule has 0 radical (unpaired) electrons. The lowest BCUT2D eigenvalue weighted by Crippen LogP contribution is -2.41. The molecule has 0 spiro atoms. The summed E-state index contributed by atoms with van der Waals surface area (Å²) in [7, 11) is 0. The number of amides is 1. The summed E-state index contributed by atoms with van der Waals surface area (Å²) in [6, 6.07) is 0.463. The van der Waals surface area contributed by atoms with Crippen LogP contribution in [-0.4, -0.2) is 29.9 Å². The lowest BCUT2D eigenvalue weighted by atomic mass is 10.0. The average Bonchev–Trinajstić information content (AvgIpc) is 2.29. The van der Waals surface area contributed by atoms with Crippen molar-refractivity contribution >= 4 is 5.91 Å². The van der Waals surface area contributed by atoms with Crippen molar-refractivity contribution in [3.05, 3.63) is 0 Å². The van der Waals surface area contributed by atoms with Crippen LogP contribution in [0.1, 0.15) is 58.3 Å². The number of nitrogens with zero attached hydrogens (tertiary/aromatic N) is 1. The Hall–Kier alpha value is -0.570. The van der Waals surface area contributed by atoms with Gasteiger partial charge in [-0.05, 0) is 45.6 Å². The average molecular weight is 226 g/mol. The number of hydrogen-bond acceptors (Lipinski definition) is 2. The fraction of sp³-hybridized carbons (Fsp3) is 0.923. The summed E-state index contributed by atoms with van der Waals surface area (Å²) < 4.78 is 0. The Labute approximate surface area is 99.4 Å². The highest BCUT2D eigenvalue weighted by Gasteiger charge is 2.22. The van der Waals surface area contributed by atoms with Crippen LogP contribution < -0.4 is 5.73 Å². The Morgan fingerprint density at radius 2 is 2.00 bits per heavy atom. The van der Waals surface area contributed by atoms with E-state index in [0.717, 1.165) is 38.8 Å². The molecule has 0 aromatic carbocycles.